The third-order valence-corrected chi connectivity index (χ3v) is 5.19. The Morgan fingerprint density at radius 3 is 2.73 bits per heavy atom. The molecule has 0 aliphatic carbocycles. The van der Waals surface area contributed by atoms with Crippen molar-refractivity contribution in [3.05, 3.63) is 72.4 Å². The molecule has 0 bridgehead atoms. The van der Waals surface area contributed by atoms with E-state index in [0.29, 0.717) is 36.1 Å². The summed E-state index contributed by atoms with van der Waals surface area (Å²) in [5.41, 5.74) is 2.84. The highest BCUT2D eigenvalue weighted by atomic mass is 16.5. The van der Waals surface area contributed by atoms with Crippen LogP contribution in [0.4, 0.5) is 0 Å². The van der Waals surface area contributed by atoms with Gasteiger partial charge in [0.2, 0.25) is 5.88 Å². The molecule has 2 aromatic carbocycles. The van der Waals surface area contributed by atoms with Crippen LogP contribution < -0.4 is 9.47 Å². The summed E-state index contributed by atoms with van der Waals surface area (Å²) in [6.45, 7) is 1.02. The molecule has 1 saturated heterocycles. The summed E-state index contributed by atoms with van der Waals surface area (Å²) >= 11 is 0. The normalized spacial score (nSPS) is 13.8. The average molecular weight is 400 g/mol. The largest absolute Gasteiger partial charge is 0.496 e. The first-order valence-electron chi connectivity index (χ1n) is 9.72. The van der Waals surface area contributed by atoms with Gasteiger partial charge in [0.05, 0.1) is 31.4 Å². The number of rotatable bonds is 5. The van der Waals surface area contributed by atoms with E-state index in [2.05, 4.69) is 15.2 Å². The third-order valence-electron chi connectivity index (χ3n) is 5.19. The second kappa shape index (κ2) is 7.51. The third kappa shape index (κ3) is 3.34. The molecule has 2 aromatic heterocycles. The van der Waals surface area contributed by atoms with Gasteiger partial charge in [-0.1, -0.05) is 30.3 Å². The highest BCUT2D eigenvalue weighted by molar-refractivity contribution is 5.94. The van der Waals surface area contributed by atoms with E-state index in [0.717, 1.165) is 16.5 Å². The number of carbonyl (C=O) groups is 1. The maximum Gasteiger partial charge on any atom is 0.272 e. The van der Waals surface area contributed by atoms with Crippen molar-refractivity contribution in [2.24, 2.45) is 0 Å². The van der Waals surface area contributed by atoms with Gasteiger partial charge in [0.1, 0.15) is 17.5 Å². The predicted octanol–water partition coefficient (Wildman–Crippen LogP) is 3.54. The molecule has 1 aliphatic rings. The molecule has 0 spiro atoms. The molecule has 1 N–H and O–H groups in total. The van der Waals surface area contributed by atoms with E-state index in [1.807, 2.05) is 60.7 Å². The van der Waals surface area contributed by atoms with Gasteiger partial charge in [-0.2, -0.15) is 5.10 Å². The fourth-order valence-corrected chi connectivity index (χ4v) is 3.56. The Bertz CT molecular complexity index is 1210. The quantitative estimate of drug-likeness (QED) is 0.554. The van der Waals surface area contributed by atoms with E-state index in [-0.39, 0.29) is 12.0 Å². The van der Waals surface area contributed by atoms with Crippen molar-refractivity contribution in [2.45, 2.75) is 6.10 Å². The van der Waals surface area contributed by atoms with Crippen LogP contribution in [0.1, 0.15) is 10.5 Å². The van der Waals surface area contributed by atoms with Crippen LogP contribution in [-0.4, -0.2) is 52.3 Å². The molecule has 150 valence electrons. The standard InChI is InChI=1S/C23H20N4O3/c1-29-21-9-5-3-7-17(21)19-12-20(26-25-19)23(28)27-13-16(14-27)30-22-11-10-15-6-2-4-8-18(15)24-22/h2-12,16H,13-14H2,1H3,(H,25,26). The predicted molar refractivity (Wildman–Crippen MR) is 113 cm³/mol. The van der Waals surface area contributed by atoms with Gasteiger partial charge in [-0.05, 0) is 30.3 Å². The zero-order valence-corrected chi connectivity index (χ0v) is 16.4. The molecule has 7 nitrogen and oxygen atoms in total. The van der Waals surface area contributed by atoms with Crippen LogP contribution in [0.3, 0.4) is 0 Å². The van der Waals surface area contributed by atoms with Crippen molar-refractivity contribution in [3.8, 4) is 22.9 Å². The van der Waals surface area contributed by atoms with Gasteiger partial charge in [-0.25, -0.2) is 4.98 Å². The highest BCUT2D eigenvalue weighted by Gasteiger charge is 2.34. The fourth-order valence-electron chi connectivity index (χ4n) is 3.56. The van der Waals surface area contributed by atoms with Crippen molar-refractivity contribution >= 4 is 16.8 Å². The number of amides is 1. The number of H-pyrrole nitrogens is 1. The number of nitrogens with zero attached hydrogens (tertiary/aromatic N) is 3. The Morgan fingerprint density at radius 2 is 1.87 bits per heavy atom. The Balaban J connectivity index is 1.23. The van der Waals surface area contributed by atoms with Crippen LogP contribution >= 0.6 is 0 Å². The van der Waals surface area contributed by atoms with Gasteiger partial charge in [0, 0.05) is 17.0 Å². The average Bonchev–Trinajstić information content (AvgIpc) is 3.25. The molecule has 1 fully saturated rings. The summed E-state index contributed by atoms with van der Waals surface area (Å²) < 4.78 is 11.3. The van der Waals surface area contributed by atoms with Crippen LogP contribution in [-0.2, 0) is 0 Å². The van der Waals surface area contributed by atoms with Gasteiger partial charge in [-0.15, -0.1) is 0 Å². The Labute approximate surface area is 173 Å². The Hall–Kier alpha value is -3.87. The van der Waals surface area contributed by atoms with Gasteiger partial charge >= 0.3 is 0 Å². The number of hydrogen-bond acceptors (Lipinski definition) is 5. The van der Waals surface area contributed by atoms with Crippen molar-refractivity contribution in [1.82, 2.24) is 20.1 Å². The number of carbonyl (C=O) groups excluding carboxylic acids is 1. The lowest BCUT2D eigenvalue weighted by Crippen LogP contribution is -2.56. The highest BCUT2D eigenvalue weighted by Crippen LogP contribution is 2.29. The summed E-state index contributed by atoms with van der Waals surface area (Å²) in [5.74, 6) is 1.18. The van der Waals surface area contributed by atoms with E-state index in [9.17, 15) is 4.79 Å². The SMILES string of the molecule is COc1ccccc1-c1cc(C(=O)N2CC(Oc3ccc4ccccc4n3)C2)[nH]n1. The van der Waals surface area contributed by atoms with Gasteiger partial charge in [0.15, 0.2) is 0 Å². The molecule has 30 heavy (non-hydrogen) atoms. The molecule has 1 amide bonds. The number of ether oxygens (including phenoxy) is 2. The zero-order chi connectivity index (χ0) is 20.5. The van der Waals surface area contributed by atoms with Crippen molar-refractivity contribution in [3.63, 3.8) is 0 Å². The molecule has 5 rings (SSSR count). The molecule has 4 aromatic rings. The Morgan fingerprint density at radius 1 is 1.07 bits per heavy atom. The molecule has 0 saturated carbocycles. The first-order valence-corrected chi connectivity index (χ1v) is 9.72. The first-order chi connectivity index (χ1) is 14.7. The number of methoxy groups -OCH3 is 1. The summed E-state index contributed by atoms with van der Waals surface area (Å²) in [5, 5.41) is 8.19. The number of nitrogens with one attached hydrogen (secondary N) is 1. The number of pyridine rings is 1. The van der Waals surface area contributed by atoms with Crippen molar-refractivity contribution in [1.29, 1.82) is 0 Å². The molecular weight excluding hydrogens is 380 g/mol. The maximum absolute atomic E-state index is 12.8. The van der Waals surface area contributed by atoms with Gasteiger partial charge in [-0.3, -0.25) is 9.89 Å². The molecule has 0 unspecified atom stereocenters. The maximum atomic E-state index is 12.8. The van der Waals surface area contributed by atoms with Crippen molar-refractivity contribution in [2.75, 3.05) is 20.2 Å². The second-order valence-corrected chi connectivity index (χ2v) is 7.16. The number of hydrogen-bond donors (Lipinski definition) is 1. The van der Waals surface area contributed by atoms with Crippen molar-refractivity contribution < 1.29 is 14.3 Å². The lowest BCUT2D eigenvalue weighted by molar-refractivity contribution is 0.0157. The minimum absolute atomic E-state index is 0.0702. The lowest BCUT2D eigenvalue weighted by atomic mass is 10.1. The lowest BCUT2D eigenvalue weighted by Gasteiger charge is -2.38. The Kier molecular flexibility index (Phi) is 4.55. The smallest absolute Gasteiger partial charge is 0.272 e. The molecule has 7 heteroatoms. The minimum Gasteiger partial charge on any atom is -0.496 e. The van der Waals surface area contributed by atoms with Gasteiger partial charge in [0.25, 0.3) is 5.91 Å². The van der Waals surface area contributed by atoms with Crippen LogP contribution in [0.25, 0.3) is 22.2 Å². The molecule has 0 radical (unpaired) electrons. The molecular formula is C23H20N4O3. The van der Waals surface area contributed by atoms with E-state index in [4.69, 9.17) is 9.47 Å². The molecule has 1 aliphatic heterocycles. The minimum atomic E-state index is -0.102. The molecule has 0 atom stereocenters. The number of para-hydroxylation sites is 2. The van der Waals surface area contributed by atoms with Crippen LogP contribution in [0.5, 0.6) is 11.6 Å². The zero-order valence-electron chi connectivity index (χ0n) is 16.4. The van der Waals surface area contributed by atoms with E-state index >= 15 is 0 Å². The summed E-state index contributed by atoms with van der Waals surface area (Å²) in [6, 6.07) is 21.1. The van der Waals surface area contributed by atoms with E-state index < -0.39 is 0 Å². The van der Waals surface area contributed by atoms with E-state index in [1.165, 1.54) is 0 Å². The van der Waals surface area contributed by atoms with Gasteiger partial charge < -0.3 is 14.4 Å². The van der Waals surface area contributed by atoms with Crippen LogP contribution in [0, 0.1) is 0 Å². The number of benzene rings is 2. The van der Waals surface area contributed by atoms with Crippen LogP contribution in [0.2, 0.25) is 0 Å². The number of likely N-dealkylation sites (tertiary alicyclic amines) is 1. The number of aromatic amines is 1. The van der Waals surface area contributed by atoms with E-state index in [1.54, 1.807) is 18.1 Å². The molecule has 3 heterocycles. The summed E-state index contributed by atoms with van der Waals surface area (Å²) in [7, 11) is 1.61. The number of aromatic nitrogens is 3. The second-order valence-electron chi connectivity index (χ2n) is 7.16. The summed E-state index contributed by atoms with van der Waals surface area (Å²) in [4.78, 5) is 19.0. The topological polar surface area (TPSA) is 80.3 Å². The first kappa shape index (κ1) is 18.2. The fraction of sp³-hybridized carbons (Fsp3) is 0.174. The number of fused-ring (bicyclic) bond motifs is 1. The summed E-state index contributed by atoms with van der Waals surface area (Å²) in [6.07, 6.45) is -0.0702. The monoisotopic (exact) mass is 400 g/mol. The van der Waals surface area contributed by atoms with Crippen LogP contribution in [0.15, 0.2) is 66.7 Å².